The molecule has 2 atom stereocenters. The minimum atomic E-state index is -1.39. The van der Waals surface area contributed by atoms with Crippen molar-refractivity contribution in [2.45, 2.75) is 31.5 Å². The van der Waals surface area contributed by atoms with Crippen LogP contribution in [0.2, 0.25) is 0 Å². The van der Waals surface area contributed by atoms with Gasteiger partial charge < -0.3 is 15.3 Å². The van der Waals surface area contributed by atoms with E-state index in [-0.39, 0.29) is 6.42 Å². The van der Waals surface area contributed by atoms with Crippen LogP contribution in [0.25, 0.3) is 0 Å². The number of rotatable bonds is 1. The summed E-state index contributed by atoms with van der Waals surface area (Å²) in [6.45, 7) is 0. The van der Waals surface area contributed by atoms with Gasteiger partial charge in [-0.15, -0.1) is 0 Å². The van der Waals surface area contributed by atoms with Gasteiger partial charge in [-0.2, -0.15) is 0 Å². The number of hydrogen-bond acceptors (Lipinski definition) is 3. The number of carbonyl (C=O) groups is 2. The Morgan fingerprint density at radius 3 is 2.23 bits per heavy atom. The van der Waals surface area contributed by atoms with Gasteiger partial charge in [0.15, 0.2) is 0 Å². The maximum absolute atomic E-state index is 10.6. The second kappa shape index (κ2) is 3.61. The molecule has 0 saturated carbocycles. The molecule has 1 saturated heterocycles. The van der Waals surface area contributed by atoms with Gasteiger partial charge in [0, 0.05) is 0 Å². The SMILES string of the molecule is O=C(O)[C@@H]1CCCC(O)N1C(=O)O. The molecule has 1 rings (SSSR count). The highest BCUT2D eigenvalue weighted by atomic mass is 16.4. The van der Waals surface area contributed by atoms with E-state index in [2.05, 4.69) is 0 Å². The van der Waals surface area contributed by atoms with Crippen LogP contribution in [0, 0.1) is 0 Å². The highest BCUT2D eigenvalue weighted by molar-refractivity contribution is 5.79. The molecule has 0 spiro atoms. The molecule has 0 radical (unpaired) electrons. The van der Waals surface area contributed by atoms with Gasteiger partial charge in [0.25, 0.3) is 0 Å². The van der Waals surface area contributed by atoms with Crippen molar-refractivity contribution >= 4 is 12.1 Å². The zero-order chi connectivity index (χ0) is 10.0. The molecular formula is C7H11NO5. The fourth-order valence-electron chi connectivity index (χ4n) is 1.48. The Kier molecular flexibility index (Phi) is 2.72. The van der Waals surface area contributed by atoms with Crippen LogP contribution in [-0.2, 0) is 4.79 Å². The Labute approximate surface area is 74.4 Å². The topological polar surface area (TPSA) is 98.1 Å². The quantitative estimate of drug-likeness (QED) is 0.536. The van der Waals surface area contributed by atoms with Gasteiger partial charge in [-0.3, -0.25) is 4.90 Å². The van der Waals surface area contributed by atoms with E-state index >= 15 is 0 Å². The second-order valence-corrected chi connectivity index (χ2v) is 2.96. The van der Waals surface area contributed by atoms with Gasteiger partial charge in [-0.25, -0.2) is 9.59 Å². The number of likely N-dealkylation sites (tertiary alicyclic amines) is 1. The number of carboxylic acid groups (broad SMARTS) is 2. The number of aliphatic hydroxyl groups is 1. The van der Waals surface area contributed by atoms with Crippen molar-refractivity contribution in [2.75, 3.05) is 0 Å². The van der Waals surface area contributed by atoms with Crippen molar-refractivity contribution in [2.24, 2.45) is 0 Å². The molecule has 0 bridgehead atoms. The number of carboxylic acids is 1. The van der Waals surface area contributed by atoms with Crippen molar-refractivity contribution in [3.05, 3.63) is 0 Å². The lowest BCUT2D eigenvalue weighted by Gasteiger charge is -2.34. The normalized spacial score (nSPS) is 28.5. The average Bonchev–Trinajstić information content (AvgIpc) is 2.02. The van der Waals surface area contributed by atoms with Crippen molar-refractivity contribution in [1.82, 2.24) is 4.90 Å². The molecule has 3 N–H and O–H groups in total. The van der Waals surface area contributed by atoms with Crippen LogP contribution in [0.1, 0.15) is 19.3 Å². The molecule has 1 amide bonds. The molecule has 1 unspecified atom stereocenters. The number of aliphatic carboxylic acids is 1. The third-order valence-electron chi connectivity index (χ3n) is 2.10. The molecule has 0 aromatic heterocycles. The van der Waals surface area contributed by atoms with Crippen LogP contribution >= 0.6 is 0 Å². The van der Waals surface area contributed by atoms with Crippen molar-refractivity contribution in [3.8, 4) is 0 Å². The van der Waals surface area contributed by atoms with E-state index in [1.807, 2.05) is 0 Å². The number of nitrogens with zero attached hydrogens (tertiary/aromatic N) is 1. The van der Waals surface area contributed by atoms with Crippen LogP contribution in [0.4, 0.5) is 4.79 Å². The summed E-state index contributed by atoms with van der Waals surface area (Å²) in [6, 6.07) is -1.11. The minimum absolute atomic E-state index is 0.263. The van der Waals surface area contributed by atoms with Crippen molar-refractivity contribution in [1.29, 1.82) is 0 Å². The van der Waals surface area contributed by atoms with Gasteiger partial charge in [0.2, 0.25) is 0 Å². The van der Waals surface area contributed by atoms with Crippen LogP contribution in [0.15, 0.2) is 0 Å². The standard InChI is InChI=1S/C7H11NO5/c9-5-3-1-2-4(6(10)11)8(5)7(12)13/h4-5,9H,1-3H2,(H,10,11)(H,12,13)/t4-,5?/m0/s1. The summed E-state index contributed by atoms with van der Waals surface area (Å²) in [6.07, 6.45) is -1.48. The molecule has 13 heavy (non-hydrogen) atoms. The van der Waals surface area contributed by atoms with Crippen LogP contribution in [-0.4, -0.2) is 44.6 Å². The molecule has 1 aliphatic rings. The molecule has 1 fully saturated rings. The van der Waals surface area contributed by atoms with E-state index in [4.69, 9.17) is 10.2 Å². The van der Waals surface area contributed by atoms with E-state index in [0.29, 0.717) is 17.7 Å². The monoisotopic (exact) mass is 189 g/mol. The maximum Gasteiger partial charge on any atom is 0.410 e. The highest BCUT2D eigenvalue weighted by Gasteiger charge is 2.37. The lowest BCUT2D eigenvalue weighted by atomic mass is 10.0. The zero-order valence-corrected chi connectivity index (χ0v) is 6.88. The van der Waals surface area contributed by atoms with Gasteiger partial charge in [-0.05, 0) is 19.3 Å². The Bertz CT molecular complexity index is 229. The number of amides is 1. The van der Waals surface area contributed by atoms with E-state index < -0.39 is 24.3 Å². The predicted molar refractivity (Wildman–Crippen MR) is 41.1 cm³/mol. The fraction of sp³-hybridized carbons (Fsp3) is 0.714. The second-order valence-electron chi connectivity index (χ2n) is 2.96. The van der Waals surface area contributed by atoms with Crippen LogP contribution < -0.4 is 0 Å². The first-order valence-corrected chi connectivity index (χ1v) is 3.96. The molecule has 6 nitrogen and oxygen atoms in total. The van der Waals surface area contributed by atoms with Gasteiger partial charge in [0.1, 0.15) is 12.3 Å². The Morgan fingerprint density at radius 1 is 1.23 bits per heavy atom. The maximum atomic E-state index is 10.6. The zero-order valence-electron chi connectivity index (χ0n) is 6.88. The van der Waals surface area contributed by atoms with Crippen LogP contribution in [0.5, 0.6) is 0 Å². The molecule has 1 aliphatic heterocycles. The van der Waals surface area contributed by atoms with Crippen LogP contribution in [0.3, 0.4) is 0 Å². The van der Waals surface area contributed by atoms with Crippen molar-refractivity contribution in [3.63, 3.8) is 0 Å². The molecular weight excluding hydrogens is 178 g/mol. The summed E-state index contributed by atoms with van der Waals surface area (Å²) in [5.41, 5.74) is 0. The van der Waals surface area contributed by atoms with E-state index in [1.54, 1.807) is 0 Å². The first-order valence-electron chi connectivity index (χ1n) is 3.96. The van der Waals surface area contributed by atoms with E-state index in [9.17, 15) is 14.7 Å². The first kappa shape index (κ1) is 9.79. The molecule has 6 heteroatoms. The number of hydrogen-bond donors (Lipinski definition) is 3. The van der Waals surface area contributed by atoms with E-state index in [0.717, 1.165) is 0 Å². The Balaban J connectivity index is 2.80. The minimum Gasteiger partial charge on any atom is -0.480 e. The van der Waals surface area contributed by atoms with Gasteiger partial charge >= 0.3 is 12.1 Å². The van der Waals surface area contributed by atoms with Crippen molar-refractivity contribution < 1.29 is 24.9 Å². The Hall–Kier alpha value is -1.30. The number of aliphatic hydroxyl groups excluding tert-OH is 1. The summed E-state index contributed by atoms with van der Waals surface area (Å²) in [5, 5.41) is 26.5. The smallest absolute Gasteiger partial charge is 0.410 e. The summed E-state index contributed by atoms with van der Waals surface area (Å²) < 4.78 is 0. The van der Waals surface area contributed by atoms with Gasteiger partial charge in [-0.1, -0.05) is 0 Å². The number of piperidine rings is 1. The van der Waals surface area contributed by atoms with Gasteiger partial charge in [0.05, 0.1) is 0 Å². The largest absolute Gasteiger partial charge is 0.480 e. The molecule has 74 valence electrons. The first-order chi connectivity index (χ1) is 6.04. The summed E-state index contributed by atoms with van der Waals surface area (Å²) in [4.78, 5) is 21.8. The third kappa shape index (κ3) is 1.89. The highest BCUT2D eigenvalue weighted by Crippen LogP contribution is 2.21. The average molecular weight is 189 g/mol. The summed E-state index contributed by atoms with van der Waals surface area (Å²) in [5.74, 6) is -1.21. The molecule has 0 aromatic carbocycles. The molecule has 0 aromatic rings. The predicted octanol–water partition coefficient (Wildman–Crippen LogP) is -0.0781. The van der Waals surface area contributed by atoms with E-state index in [1.165, 1.54) is 0 Å². The third-order valence-corrected chi connectivity index (χ3v) is 2.10. The molecule has 0 aliphatic carbocycles. The fourth-order valence-corrected chi connectivity index (χ4v) is 1.48. The summed E-state index contributed by atoms with van der Waals surface area (Å²) in [7, 11) is 0. The lowest BCUT2D eigenvalue weighted by molar-refractivity contribution is -0.149. The lowest BCUT2D eigenvalue weighted by Crippen LogP contribution is -2.52. The Morgan fingerprint density at radius 2 is 1.85 bits per heavy atom. The summed E-state index contributed by atoms with van der Waals surface area (Å²) >= 11 is 0. The molecule has 1 heterocycles.